The Morgan fingerprint density at radius 1 is 1.14 bits per heavy atom. The van der Waals surface area contributed by atoms with Gasteiger partial charge in [0, 0.05) is 10.0 Å². The Labute approximate surface area is 168 Å². The summed E-state index contributed by atoms with van der Waals surface area (Å²) in [4.78, 5) is 8.92. The standard InChI is InChI=1S/C20H14BrFN4O2/c21-14-5-1-4-13(7-14)19-24-20(28-25-19)18-16-10-27-17(9-26(16)11-23-18)12-3-2-6-15(22)8-12/h1-8,11,17H,9-10H2/t17-/m1/s1. The van der Waals surface area contributed by atoms with Crippen LogP contribution in [0.5, 0.6) is 0 Å². The van der Waals surface area contributed by atoms with Gasteiger partial charge in [-0.05, 0) is 29.8 Å². The molecule has 1 atom stereocenters. The summed E-state index contributed by atoms with van der Waals surface area (Å²) in [7, 11) is 0. The summed E-state index contributed by atoms with van der Waals surface area (Å²) < 4.78 is 27.8. The number of ether oxygens (including phenoxy) is 1. The summed E-state index contributed by atoms with van der Waals surface area (Å²) in [6.07, 6.45) is 1.49. The second kappa shape index (κ2) is 6.96. The summed E-state index contributed by atoms with van der Waals surface area (Å²) in [6, 6.07) is 14.1. The first kappa shape index (κ1) is 17.3. The van der Waals surface area contributed by atoms with Crippen molar-refractivity contribution in [3.63, 3.8) is 0 Å². The smallest absolute Gasteiger partial charge is 0.278 e. The van der Waals surface area contributed by atoms with Crippen LogP contribution in [0.4, 0.5) is 4.39 Å². The molecule has 140 valence electrons. The molecule has 0 N–H and O–H groups in total. The third-order valence-corrected chi connectivity index (χ3v) is 5.16. The Morgan fingerprint density at radius 3 is 2.89 bits per heavy atom. The minimum absolute atomic E-state index is 0.231. The number of rotatable bonds is 3. The monoisotopic (exact) mass is 440 g/mol. The maximum atomic E-state index is 13.5. The van der Waals surface area contributed by atoms with Gasteiger partial charge in [-0.1, -0.05) is 45.4 Å². The predicted octanol–water partition coefficient (Wildman–Crippen LogP) is 4.77. The van der Waals surface area contributed by atoms with Crippen molar-refractivity contribution in [3.8, 4) is 23.0 Å². The van der Waals surface area contributed by atoms with Gasteiger partial charge in [0.15, 0.2) is 5.69 Å². The molecule has 0 saturated heterocycles. The van der Waals surface area contributed by atoms with Crippen molar-refractivity contribution in [2.75, 3.05) is 0 Å². The molecule has 2 aromatic carbocycles. The molecular formula is C20H14BrFN4O2. The maximum absolute atomic E-state index is 13.5. The third-order valence-electron chi connectivity index (χ3n) is 4.66. The summed E-state index contributed by atoms with van der Waals surface area (Å²) in [5, 5.41) is 4.07. The molecule has 0 unspecified atom stereocenters. The van der Waals surface area contributed by atoms with Gasteiger partial charge in [-0.2, -0.15) is 4.98 Å². The van der Waals surface area contributed by atoms with E-state index in [1.165, 1.54) is 12.1 Å². The number of nitrogens with zero attached hydrogens (tertiary/aromatic N) is 4. The number of hydrogen-bond acceptors (Lipinski definition) is 5. The summed E-state index contributed by atoms with van der Waals surface area (Å²) in [5.41, 5.74) is 3.11. The zero-order valence-electron chi connectivity index (χ0n) is 14.5. The second-order valence-corrected chi connectivity index (χ2v) is 7.40. The van der Waals surface area contributed by atoms with Crippen LogP contribution in [0.2, 0.25) is 0 Å². The molecule has 1 aliphatic heterocycles. The molecule has 4 aromatic rings. The highest BCUT2D eigenvalue weighted by atomic mass is 79.9. The lowest BCUT2D eigenvalue weighted by molar-refractivity contribution is 0.00314. The minimum Gasteiger partial charge on any atom is -0.365 e. The highest BCUT2D eigenvalue weighted by Crippen LogP contribution is 2.32. The largest absolute Gasteiger partial charge is 0.365 e. The molecular weight excluding hydrogens is 427 g/mol. The van der Waals surface area contributed by atoms with E-state index in [4.69, 9.17) is 9.26 Å². The number of halogens is 2. The number of hydrogen-bond donors (Lipinski definition) is 0. The highest BCUT2D eigenvalue weighted by molar-refractivity contribution is 9.10. The van der Waals surface area contributed by atoms with E-state index in [1.807, 2.05) is 34.9 Å². The van der Waals surface area contributed by atoms with Crippen molar-refractivity contribution in [1.82, 2.24) is 19.7 Å². The van der Waals surface area contributed by atoms with Gasteiger partial charge in [0.05, 0.1) is 25.2 Å². The van der Waals surface area contributed by atoms with E-state index in [0.29, 0.717) is 30.6 Å². The van der Waals surface area contributed by atoms with E-state index in [0.717, 1.165) is 21.3 Å². The molecule has 0 amide bonds. The lowest BCUT2D eigenvalue weighted by Gasteiger charge is -2.25. The van der Waals surface area contributed by atoms with Crippen LogP contribution in [-0.2, 0) is 17.9 Å². The Hall–Kier alpha value is -2.84. The first-order valence-electron chi connectivity index (χ1n) is 8.68. The van der Waals surface area contributed by atoms with E-state index in [-0.39, 0.29) is 11.9 Å². The Balaban J connectivity index is 1.42. The second-order valence-electron chi connectivity index (χ2n) is 6.48. The Bertz CT molecular complexity index is 1160. The zero-order chi connectivity index (χ0) is 19.1. The van der Waals surface area contributed by atoms with Gasteiger partial charge in [-0.15, -0.1) is 0 Å². The Morgan fingerprint density at radius 2 is 2.04 bits per heavy atom. The van der Waals surface area contributed by atoms with Gasteiger partial charge in [0.2, 0.25) is 5.82 Å². The van der Waals surface area contributed by atoms with Crippen LogP contribution < -0.4 is 0 Å². The van der Waals surface area contributed by atoms with Crippen molar-refractivity contribution < 1.29 is 13.7 Å². The molecule has 0 saturated carbocycles. The molecule has 5 rings (SSSR count). The van der Waals surface area contributed by atoms with Crippen molar-refractivity contribution in [1.29, 1.82) is 0 Å². The summed E-state index contributed by atoms with van der Waals surface area (Å²) in [5.74, 6) is 0.563. The highest BCUT2D eigenvalue weighted by Gasteiger charge is 2.26. The van der Waals surface area contributed by atoms with Gasteiger partial charge < -0.3 is 13.8 Å². The predicted molar refractivity (Wildman–Crippen MR) is 103 cm³/mol. The topological polar surface area (TPSA) is 66.0 Å². The van der Waals surface area contributed by atoms with Crippen molar-refractivity contribution in [3.05, 3.63) is 76.4 Å². The lowest BCUT2D eigenvalue weighted by atomic mass is 10.1. The van der Waals surface area contributed by atoms with Gasteiger partial charge in [0.25, 0.3) is 5.89 Å². The SMILES string of the molecule is Fc1cccc([C@H]2Cn3cnc(-c4nc(-c5cccc(Br)c5)no4)c3CO2)c1. The van der Waals surface area contributed by atoms with E-state index >= 15 is 0 Å². The van der Waals surface area contributed by atoms with Gasteiger partial charge in [0.1, 0.15) is 11.9 Å². The summed E-state index contributed by atoms with van der Waals surface area (Å²) >= 11 is 3.44. The van der Waals surface area contributed by atoms with Gasteiger partial charge in [-0.3, -0.25) is 0 Å². The molecule has 0 fully saturated rings. The lowest BCUT2D eigenvalue weighted by Crippen LogP contribution is -2.20. The molecule has 0 radical (unpaired) electrons. The van der Waals surface area contributed by atoms with Gasteiger partial charge in [-0.25, -0.2) is 9.37 Å². The number of benzene rings is 2. The third kappa shape index (κ3) is 3.14. The van der Waals surface area contributed by atoms with Crippen LogP contribution in [-0.4, -0.2) is 19.7 Å². The van der Waals surface area contributed by atoms with Crippen LogP contribution >= 0.6 is 15.9 Å². The molecule has 0 spiro atoms. The normalized spacial score (nSPS) is 16.1. The first-order valence-corrected chi connectivity index (χ1v) is 9.48. The van der Waals surface area contributed by atoms with E-state index in [9.17, 15) is 4.39 Å². The fourth-order valence-corrected chi connectivity index (χ4v) is 3.68. The molecule has 0 aliphatic carbocycles. The fourth-order valence-electron chi connectivity index (χ4n) is 3.28. The van der Waals surface area contributed by atoms with E-state index in [1.54, 1.807) is 12.4 Å². The molecule has 0 bridgehead atoms. The van der Waals surface area contributed by atoms with Gasteiger partial charge >= 0.3 is 0 Å². The number of imidazole rings is 1. The maximum Gasteiger partial charge on any atom is 0.278 e. The molecule has 6 nitrogen and oxygen atoms in total. The van der Waals surface area contributed by atoms with Crippen molar-refractivity contribution in [2.24, 2.45) is 0 Å². The average Bonchev–Trinajstić information content (AvgIpc) is 3.34. The number of aromatic nitrogens is 4. The summed E-state index contributed by atoms with van der Waals surface area (Å²) in [6.45, 7) is 0.865. The Kier molecular flexibility index (Phi) is 4.29. The fraction of sp³-hybridized carbons (Fsp3) is 0.150. The average molecular weight is 441 g/mol. The quantitative estimate of drug-likeness (QED) is 0.458. The molecule has 3 heterocycles. The molecule has 28 heavy (non-hydrogen) atoms. The molecule has 8 heteroatoms. The van der Waals surface area contributed by atoms with Crippen LogP contribution in [0.15, 0.2) is 63.9 Å². The van der Waals surface area contributed by atoms with Crippen LogP contribution in [0.25, 0.3) is 23.0 Å². The minimum atomic E-state index is -0.274. The zero-order valence-corrected chi connectivity index (χ0v) is 16.1. The number of fused-ring (bicyclic) bond motifs is 1. The van der Waals surface area contributed by atoms with E-state index < -0.39 is 0 Å². The van der Waals surface area contributed by atoms with Crippen LogP contribution in [0.3, 0.4) is 0 Å². The van der Waals surface area contributed by atoms with Crippen LogP contribution in [0.1, 0.15) is 17.4 Å². The molecule has 1 aliphatic rings. The van der Waals surface area contributed by atoms with Crippen molar-refractivity contribution in [2.45, 2.75) is 19.3 Å². The van der Waals surface area contributed by atoms with Crippen LogP contribution in [0, 0.1) is 5.82 Å². The first-order chi connectivity index (χ1) is 13.7. The molecule has 2 aromatic heterocycles. The van der Waals surface area contributed by atoms with E-state index in [2.05, 4.69) is 31.1 Å². The van der Waals surface area contributed by atoms with Crippen molar-refractivity contribution >= 4 is 15.9 Å².